The number of piperazine rings is 1. The lowest BCUT2D eigenvalue weighted by atomic mass is 9.96. The van der Waals surface area contributed by atoms with Crippen LogP contribution in [0.25, 0.3) is 0 Å². The summed E-state index contributed by atoms with van der Waals surface area (Å²) in [5.74, 6) is -0.400. The summed E-state index contributed by atoms with van der Waals surface area (Å²) in [5, 5.41) is 0.494. The maximum absolute atomic E-state index is 13.0. The van der Waals surface area contributed by atoms with Gasteiger partial charge in [0.25, 0.3) is 0 Å². The van der Waals surface area contributed by atoms with Gasteiger partial charge in [0, 0.05) is 50.2 Å². The van der Waals surface area contributed by atoms with Gasteiger partial charge >= 0.3 is 0 Å². The van der Waals surface area contributed by atoms with Gasteiger partial charge in [-0.1, -0.05) is 41.9 Å². The van der Waals surface area contributed by atoms with Crippen LogP contribution in [0, 0.1) is 5.92 Å². The van der Waals surface area contributed by atoms with E-state index in [0.29, 0.717) is 49.6 Å². The molecule has 2 saturated heterocycles. The molecule has 0 saturated carbocycles. The minimum Gasteiger partial charge on any atom is -0.340 e. The molecular formula is C23H28ClN3O5S2. The van der Waals surface area contributed by atoms with Gasteiger partial charge in [0.05, 0.1) is 10.6 Å². The molecular weight excluding hydrogens is 498 g/mol. The normalized spacial score (nSPS) is 19.3. The van der Waals surface area contributed by atoms with Gasteiger partial charge in [0.2, 0.25) is 26.0 Å². The molecule has 0 atom stereocenters. The lowest BCUT2D eigenvalue weighted by Gasteiger charge is -2.37. The molecule has 0 aromatic heterocycles. The maximum atomic E-state index is 13.0. The van der Waals surface area contributed by atoms with E-state index < -0.39 is 20.0 Å². The summed E-state index contributed by atoms with van der Waals surface area (Å²) in [6, 6.07) is 15.1. The Kier molecular flexibility index (Phi) is 7.63. The van der Waals surface area contributed by atoms with Gasteiger partial charge in [-0.2, -0.15) is 4.31 Å². The Morgan fingerprint density at radius 1 is 0.824 bits per heavy atom. The van der Waals surface area contributed by atoms with Crippen molar-refractivity contribution in [2.24, 2.45) is 5.92 Å². The average molecular weight is 526 g/mol. The number of carbonyl (C=O) groups is 1. The summed E-state index contributed by atoms with van der Waals surface area (Å²) in [7, 11) is -7.08. The molecule has 0 N–H and O–H groups in total. The van der Waals surface area contributed by atoms with E-state index in [1.54, 1.807) is 59.5 Å². The third-order valence-corrected chi connectivity index (χ3v) is 10.4. The third kappa shape index (κ3) is 5.63. The summed E-state index contributed by atoms with van der Waals surface area (Å²) in [5.41, 5.74) is 0.633. The highest BCUT2D eigenvalue weighted by atomic mass is 35.5. The summed E-state index contributed by atoms with van der Waals surface area (Å²) in [4.78, 5) is 15.0. The van der Waals surface area contributed by atoms with Crippen molar-refractivity contribution in [2.45, 2.75) is 23.5 Å². The highest BCUT2D eigenvalue weighted by Crippen LogP contribution is 2.25. The van der Waals surface area contributed by atoms with Crippen molar-refractivity contribution >= 4 is 37.6 Å². The van der Waals surface area contributed by atoms with E-state index in [1.807, 2.05) is 0 Å². The Balaban J connectivity index is 1.29. The van der Waals surface area contributed by atoms with E-state index in [1.165, 1.54) is 8.61 Å². The summed E-state index contributed by atoms with van der Waals surface area (Å²) < 4.78 is 54.1. The van der Waals surface area contributed by atoms with Crippen LogP contribution in [0.4, 0.5) is 0 Å². The van der Waals surface area contributed by atoms with Crippen LogP contribution in [0.1, 0.15) is 18.4 Å². The first-order valence-corrected chi connectivity index (χ1v) is 14.7. The van der Waals surface area contributed by atoms with Crippen LogP contribution in [0.15, 0.2) is 59.5 Å². The Morgan fingerprint density at radius 3 is 2.09 bits per heavy atom. The molecule has 0 spiro atoms. The molecule has 11 heteroatoms. The minimum absolute atomic E-state index is 0.0244. The topological polar surface area (TPSA) is 95.1 Å². The molecule has 2 fully saturated rings. The molecule has 2 aliphatic heterocycles. The second kappa shape index (κ2) is 10.3. The molecule has 1 amide bonds. The Labute approximate surface area is 206 Å². The van der Waals surface area contributed by atoms with Crippen molar-refractivity contribution in [1.29, 1.82) is 0 Å². The Hall–Kier alpha value is -1.98. The van der Waals surface area contributed by atoms with E-state index in [9.17, 15) is 21.6 Å². The maximum Gasteiger partial charge on any atom is 0.243 e. The van der Waals surface area contributed by atoms with Gasteiger partial charge in [-0.25, -0.2) is 21.1 Å². The zero-order valence-electron chi connectivity index (χ0n) is 18.7. The number of halogens is 1. The zero-order chi connectivity index (χ0) is 24.3. The Morgan fingerprint density at radius 2 is 1.47 bits per heavy atom. The van der Waals surface area contributed by atoms with E-state index in [-0.39, 0.29) is 35.6 Å². The van der Waals surface area contributed by atoms with E-state index in [4.69, 9.17) is 11.6 Å². The number of piperidine rings is 1. The lowest BCUT2D eigenvalue weighted by molar-refractivity contribution is -0.137. The molecule has 0 bridgehead atoms. The molecule has 2 aromatic rings. The monoisotopic (exact) mass is 525 g/mol. The Bertz CT molecular complexity index is 1220. The molecule has 0 aliphatic carbocycles. The SMILES string of the molecule is O=C(C1CCN(S(=O)(=O)Cc2cccc(Cl)c2)CC1)N1CCN(S(=O)(=O)c2ccccc2)CC1. The standard InChI is InChI=1S/C23H28ClN3O5S2/c24-21-6-4-5-19(17-21)18-33(29,30)26-11-9-20(10-12-26)23(28)25-13-15-27(16-14-25)34(31,32)22-7-2-1-3-8-22/h1-8,17,20H,9-16,18H2. The molecule has 34 heavy (non-hydrogen) atoms. The van der Waals surface area contributed by atoms with Crippen LogP contribution in [0.5, 0.6) is 0 Å². The van der Waals surface area contributed by atoms with Crippen LogP contribution in [-0.4, -0.2) is 75.5 Å². The van der Waals surface area contributed by atoms with Gasteiger partial charge in [0.1, 0.15) is 0 Å². The van der Waals surface area contributed by atoms with Crippen LogP contribution < -0.4 is 0 Å². The molecule has 2 aliphatic rings. The predicted octanol–water partition coefficient (Wildman–Crippen LogP) is 2.41. The lowest BCUT2D eigenvalue weighted by Crippen LogP contribution is -2.53. The molecule has 4 rings (SSSR count). The second-order valence-electron chi connectivity index (χ2n) is 8.60. The zero-order valence-corrected chi connectivity index (χ0v) is 21.1. The molecule has 0 unspecified atom stereocenters. The van der Waals surface area contributed by atoms with Crippen molar-refractivity contribution in [3.05, 3.63) is 65.2 Å². The fraction of sp³-hybridized carbons (Fsp3) is 0.435. The van der Waals surface area contributed by atoms with Gasteiger partial charge < -0.3 is 4.90 Å². The third-order valence-electron chi connectivity index (χ3n) is 6.37. The number of nitrogens with zero attached hydrogens (tertiary/aromatic N) is 3. The number of carbonyl (C=O) groups excluding carboxylic acids is 1. The fourth-order valence-corrected chi connectivity index (χ4v) is 7.66. The first-order chi connectivity index (χ1) is 16.2. The number of rotatable bonds is 6. The quantitative estimate of drug-likeness (QED) is 0.577. The van der Waals surface area contributed by atoms with Crippen LogP contribution in [-0.2, 0) is 30.6 Å². The summed E-state index contributed by atoms with van der Waals surface area (Å²) in [6.45, 7) is 1.74. The smallest absolute Gasteiger partial charge is 0.243 e. The predicted molar refractivity (Wildman–Crippen MR) is 130 cm³/mol. The first-order valence-electron chi connectivity index (χ1n) is 11.2. The van der Waals surface area contributed by atoms with Crippen molar-refractivity contribution in [2.75, 3.05) is 39.3 Å². The number of hydrogen-bond donors (Lipinski definition) is 0. The van der Waals surface area contributed by atoms with Gasteiger partial charge in [-0.05, 0) is 42.7 Å². The fourth-order valence-electron chi connectivity index (χ4n) is 4.46. The second-order valence-corrected chi connectivity index (χ2v) is 12.9. The van der Waals surface area contributed by atoms with E-state index in [2.05, 4.69) is 0 Å². The number of hydrogen-bond acceptors (Lipinski definition) is 5. The van der Waals surface area contributed by atoms with Gasteiger partial charge in [0.15, 0.2) is 0 Å². The molecule has 8 nitrogen and oxygen atoms in total. The van der Waals surface area contributed by atoms with Crippen LogP contribution >= 0.6 is 11.6 Å². The highest BCUT2D eigenvalue weighted by molar-refractivity contribution is 7.89. The van der Waals surface area contributed by atoms with Crippen LogP contribution in [0.2, 0.25) is 5.02 Å². The van der Waals surface area contributed by atoms with Crippen LogP contribution in [0.3, 0.4) is 0 Å². The highest BCUT2D eigenvalue weighted by Gasteiger charge is 2.35. The average Bonchev–Trinajstić information content (AvgIpc) is 2.84. The van der Waals surface area contributed by atoms with Crippen molar-refractivity contribution in [1.82, 2.24) is 13.5 Å². The molecule has 184 valence electrons. The minimum atomic E-state index is -3.57. The molecule has 0 radical (unpaired) electrons. The van der Waals surface area contributed by atoms with Crippen molar-refractivity contribution < 1.29 is 21.6 Å². The summed E-state index contributed by atoms with van der Waals surface area (Å²) in [6.07, 6.45) is 0.909. The molecule has 2 aromatic carbocycles. The van der Waals surface area contributed by atoms with Gasteiger partial charge in [-0.3, -0.25) is 4.79 Å². The molecule has 2 heterocycles. The van der Waals surface area contributed by atoms with E-state index in [0.717, 1.165) is 0 Å². The van der Waals surface area contributed by atoms with Gasteiger partial charge in [-0.15, -0.1) is 0 Å². The summed E-state index contributed by atoms with van der Waals surface area (Å²) >= 11 is 5.97. The number of benzene rings is 2. The van der Waals surface area contributed by atoms with E-state index >= 15 is 0 Å². The number of sulfonamides is 2. The van der Waals surface area contributed by atoms with Crippen molar-refractivity contribution in [3.8, 4) is 0 Å². The van der Waals surface area contributed by atoms with Crippen molar-refractivity contribution in [3.63, 3.8) is 0 Å². The first kappa shape index (κ1) is 25.1. The number of amides is 1. The largest absolute Gasteiger partial charge is 0.340 e.